The van der Waals surface area contributed by atoms with E-state index in [1.165, 1.54) is 0 Å². The molecule has 1 saturated heterocycles. The van der Waals surface area contributed by atoms with E-state index in [1.54, 1.807) is 12.3 Å². The van der Waals surface area contributed by atoms with Gasteiger partial charge in [0, 0.05) is 24.3 Å². The van der Waals surface area contributed by atoms with Crippen LogP contribution in [0.1, 0.15) is 31.7 Å². The van der Waals surface area contributed by atoms with Gasteiger partial charge in [-0.15, -0.1) is 0 Å². The topological polar surface area (TPSA) is 60.5 Å². The van der Waals surface area contributed by atoms with Crippen molar-refractivity contribution in [1.82, 2.24) is 4.98 Å². The van der Waals surface area contributed by atoms with Gasteiger partial charge in [-0.3, -0.25) is 4.79 Å². The van der Waals surface area contributed by atoms with Crippen molar-refractivity contribution >= 4 is 23.2 Å². The highest BCUT2D eigenvalue weighted by atomic mass is 35.5. The molecule has 1 aliphatic rings. The molecule has 138 valence electrons. The zero-order chi connectivity index (χ0) is 18.4. The highest BCUT2D eigenvalue weighted by Crippen LogP contribution is 2.36. The van der Waals surface area contributed by atoms with Crippen LogP contribution in [0.25, 0.3) is 0 Å². The van der Waals surface area contributed by atoms with Crippen molar-refractivity contribution in [3.8, 4) is 5.88 Å². The fraction of sp³-hybridized carbons (Fsp3) is 0.400. The molecule has 1 aromatic carbocycles. The molecular formula is C20H23ClN2O3. The van der Waals surface area contributed by atoms with E-state index in [4.69, 9.17) is 21.1 Å². The number of aromatic nitrogens is 1. The van der Waals surface area contributed by atoms with Gasteiger partial charge in [0.25, 0.3) is 0 Å². The van der Waals surface area contributed by atoms with Crippen molar-refractivity contribution in [2.24, 2.45) is 0 Å². The molecule has 3 rings (SSSR count). The van der Waals surface area contributed by atoms with E-state index in [2.05, 4.69) is 10.3 Å². The summed E-state index contributed by atoms with van der Waals surface area (Å²) >= 11 is 6.01. The van der Waals surface area contributed by atoms with E-state index in [9.17, 15) is 4.79 Å². The average molecular weight is 375 g/mol. The molecule has 0 atom stereocenters. The van der Waals surface area contributed by atoms with Crippen LogP contribution in [0.5, 0.6) is 5.88 Å². The number of ether oxygens (including phenoxy) is 2. The molecule has 1 aliphatic heterocycles. The summed E-state index contributed by atoms with van der Waals surface area (Å²) in [4.78, 5) is 17.4. The van der Waals surface area contributed by atoms with Crippen LogP contribution in [-0.4, -0.2) is 30.7 Å². The van der Waals surface area contributed by atoms with Crippen LogP contribution in [0.2, 0.25) is 5.02 Å². The van der Waals surface area contributed by atoms with Gasteiger partial charge in [0.15, 0.2) is 0 Å². The van der Waals surface area contributed by atoms with Gasteiger partial charge in [-0.1, -0.05) is 30.7 Å². The lowest BCUT2D eigenvalue weighted by Crippen LogP contribution is -2.44. The second-order valence-corrected chi connectivity index (χ2v) is 6.83. The van der Waals surface area contributed by atoms with Crippen LogP contribution in [0.3, 0.4) is 0 Å². The molecule has 2 aromatic rings. The molecule has 0 bridgehead atoms. The number of nitrogens with zero attached hydrogens (tertiary/aromatic N) is 1. The lowest BCUT2D eigenvalue weighted by Gasteiger charge is -2.36. The first-order valence-corrected chi connectivity index (χ1v) is 9.26. The number of halogens is 1. The Morgan fingerprint density at radius 3 is 2.58 bits per heavy atom. The highest BCUT2D eigenvalue weighted by molar-refractivity contribution is 6.30. The summed E-state index contributed by atoms with van der Waals surface area (Å²) in [6, 6.07) is 11.1. The Balaban J connectivity index is 1.78. The quantitative estimate of drug-likeness (QED) is 0.822. The number of pyridine rings is 1. The predicted molar refractivity (Wildman–Crippen MR) is 102 cm³/mol. The van der Waals surface area contributed by atoms with E-state index in [-0.39, 0.29) is 5.91 Å². The Morgan fingerprint density at radius 2 is 1.96 bits per heavy atom. The highest BCUT2D eigenvalue weighted by Gasteiger charge is 2.41. The minimum atomic E-state index is -0.625. The number of nitrogens with one attached hydrogen (secondary N) is 1. The zero-order valence-electron chi connectivity index (χ0n) is 14.8. The maximum Gasteiger partial charge on any atom is 0.235 e. The molecule has 26 heavy (non-hydrogen) atoms. The van der Waals surface area contributed by atoms with Crippen LogP contribution in [0, 0.1) is 0 Å². The molecule has 0 aliphatic carbocycles. The third-order valence-corrected chi connectivity index (χ3v) is 4.88. The molecular weight excluding hydrogens is 352 g/mol. The fourth-order valence-electron chi connectivity index (χ4n) is 3.13. The van der Waals surface area contributed by atoms with Crippen molar-refractivity contribution in [1.29, 1.82) is 0 Å². The molecule has 5 nitrogen and oxygen atoms in total. The summed E-state index contributed by atoms with van der Waals surface area (Å²) in [5, 5.41) is 3.66. The number of rotatable bonds is 6. The Kier molecular flexibility index (Phi) is 6.12. The second-order valence-electron chi connectivity index (χ2n) is 6.39. The van der Waals surface area contributed by atoms with Crippen molar-refractivity contribution in [3.05, 3.63) is 53.2 Å². The maximum atomic E-state index is 13.2. The van der Waals surface area contributed by atoms with Crippen LogP contribution < -0.4 is 10.1 Å². The standard InChI is InChI=1S/C20H23ClN2O3/c1-2-11-26-18-8-7-17(14-22-18)23-19(24)20(9-12-25-13-10-20)15-3-5-16(21)6-4-15/h3-8,14H,2,9-13H2,1H3,(H,23,24). The molecule has 0 saturated carbocycles. The van der Waals surface area contributed by atoms with Gasteiger partial charge in [-0.05, 0) is 43.0 Å². The first-order chi connectivity index (χ1) is 12.6. The summed E-state index contributed by atoms with van der Waals surface area (Å²) in [6.07, 6.45) is 3.81. The van der Waals surface area contributed by atoms with E-state index in [1.807, 2.05) is 37.3 Å². The molecule has 0 spiro atoms. The smallest absolute Gasteiger partial charge is 0.235 e. The number of benzene rings is 1. The van der Waals surface area contributed by atoms with Gasteiger partial charge < -0.3 is 14.8 Å². The lowest BCUT2D eigenvalue weighted by molar-refractivity contribution is -0.125. The van der Waals surface area contributed by atoms with Crippen LogP contribution >= 0.6 is 11.6 Å². The van der Waals surface area contributed by atoms with Gasteiger partial charge in [-0.2, -0.15) is 0 Å². The minimum absolute atomic E-state index is 0.0489. The lowest BCUT2D eigenvalue weighted by atomic mass is 9.73. The molecule has 2 heterocycles. The van der Waals surface area contributed by atoms with Crippen LogP contribution in [-0.2, 0) is 14.9 Å². The second kappa shape index (κ2) is 8.52. The van der Waals surface area contributed by atoms with Crippen molar-refractivity contribution in [2.75, 3.05) is 25.1 Å². The third kappa shape index (κ3) is 4.17. The average Bonchev–Trinajstić information content (AvgIpc) is 2.68. The largest absolute Gasteiger partial charge is 0.478 e. The molecule has 6 heteroatoms. The van der Waals surface area contributed by atoms with Crippen LogP contribution in [0.15, 0.2) is 42.6 Å². The summed E-state index contributed by atoms with van der Waals surface area (Å²) in [7, 11) is 0. The van der Waals surface area contributed by atoms with Crippen molar-refractivity contribution in [2.45, 2.75) is 31.6 Å². The van der Waals surface area contributed by atoms with E-state index >= 15 is 0 Å². The Labute approximate surface area is 158 Å². The summed E-state index contributed by atoms with van der Waals surface area (Å²) in [5.74, 6) is 0.510. The van der Waals surface area contributed by atoms with Gasteiger partial charge >= 0.3 is 0 Å². The molecule has 1 N–H and O–H groups in total. The minimum Gasteiger partial charge on any atom is -0.478 e. The number of carbonyl (C=O) groups excluding carboxylic acids is 1. The first-order valence-electron chi connectivity index (χ1n) is 8.88. The van der Waals surface area contributed by atoms with E-state index in [0.29, 0.717) is 49.3 Å². The summed E-state index contributed by atoms with van der Waals surface area (Å²) < 4.78 is 11.0. The summed E-state index contributed by atoms with van der Waals surface area (Å²) in [6.45, 7) is 3.77. The fourth-order valence-corrected chi connectivity index (χ4v) is 3.26. The Morgan fingerprint density at radius 1 is 1.23 bits per heavy atom. The number of amides is 1. The van der Waals surface area contributed by atoms with Gasteiger partial charge in [-0.25, -0.2) is 4.98 Å². The first kappa shape index (κ1) is 18.7. The van der Waals surface area contributed by atoms with Gasteiger partial charge in [0.05, 0.1) is 23.9 Å². The van der Waals surface area contributed by atoms with Gasteiger partial charge in [0.1, 0.15) is 0 Å². The summed E-state index contributed by atoms with van der Waals surface area (Å²) in [5.41, 5.74) is 0.984. The maximum absolute atomic E-state index is 13.2. The zero-order valence-corrected chi connectivity index (χ0v) is 15.6. The molecule has 1 amide bonds. The third-order valence-electron chi connectivity index (χ3n) is 4.63. The van der Waals surface area contributed by atoms with Crippen molar-refractivity contribution in [3.63, 3.8) is 0 Å². The SMILES string of the molecule is CCCOc1ccc(NC(=O)C2(c3ccc(Cl)cc3)CCOCC2)cn1. The van der Waals surface area contributed by atoms with Crippen LogP contribution in [0.4, 0.5) is 5.69 Å². The molecule has 0 radical (unpaired) electrons. The molecule has 1 aromatic heterocycles. The number of hydrogen-bond donors (Lipinski definition) is 1. The van der Waals surface area contributed by atoms with E-state index < -0.39 is 5.41 Å². The van der Waals surface area contributed by atoms with Crippen molar-refractivity contribution < 1.29 is 14.3 Å². The number of hydrogen-bond acceptors (Lipinski definition) is 4. The number of anilines is 1. The molecule has 1 fully saturated rings. The molecule has 0 unspecified atom stereocenters. The normalized spacial score (nSPS) is 16.1. The predicted octanol–water partition coefficient (Wildman–Crippen LogP) is 4.21. The number of carbonyl (C=O) groups is 1. The Bertz CT molecular complexity index is 726. The monoisotopic (exact) mass is 374 g/mol. The van der Waals surface area contributed by atoms with Gasteiger partial charge in [0.2, 0.25) is 11.8 Å². The van der Waals surface area contributed by atoms with E-state index in [0.717, 1.165) is 12.0 Å². The Hall–Kier alpha value is -2.11.